The Morgan fingerprint density at radius 2 is 1.70 bits per heavy atom. The van der Waals surface area contributed by atoms with E-state index in [1.165, 1.54) is 36.6 Å². The van der Waals surface area contributed by atoms with Gasteiger partial charge in [-0.2, -0.15) is 10.1 Å². The number of fused-ring (bicyclic) bond motifs is 1. The lowest BCUT2D eigenvalue weighted by molar-refractivity contribution is 0.0955. The summed E-state index contributed by atoms with van der Waals surface area (Å²) < 4.78 is 20.6. The summed E-state index contributed by atoms with van der Waals surface area (Å²) in [5.41, 5.74) is 3.32. The van der Waals surface area contributed by atoms with E-state index in [2.05, 4.69) is 15.5 Å². The van der Waals surface area contributed by atoms with Crippen molar-refractivity contribution in [3.63, 3.8) is 0 Å². The summed E-state index contributed by atoms with van der Waals surface area (Å²) in [7, 11) is 5.91. The Morgan fingerprint density at radius 1 is 0.955 bits per heavy atom. The summed E-state index contributed by atoms with van der Waals surface area (Å²) in [6.07, 6.45) is 1.45. The molecule has 5 aromatic rings. The molecule has 0 saturated heterocycles. The highest BCUT2D eigenvalue weighted by atomic mass is 35.5. The van der Waals surface area contributed by atoms with Crippen LogP contribution < -0.4 is 30.9 Å². The fourth-order valence-electron chi connectivity index (χ4n) is 4.39. The van der Waals surface area contributed by atoms with Crippen molar-refractivity contribution in [1.29, 1.82) is 0 Å². The van der Waals surface area contributed by atoms with E-state index >= 15 is 0 Å². The van der Waals surface area contributed by atoms with Crippen LogP contribution in [-0.4, -0.2) is 45.0 Å². The van der Waals surface area contributed by atoms with Crippen molar-refractivity contribution < 1.29 is 19.0 Å². The zero-order valence-electron chi connectivity index (χ0n) is 24.0. The molecule has 5 rings (SSSR count). The molecular formula is C30H26Cl2N6O6. The molecule has 0 aliphatic rings. The van der Waals surface area contributed by atoms with Crippen LogP contribution in [0.4, 0.5) is 0 Å². The number of aryl methyl sites for hydroxylation is 1. The molecule has 0 aliphatic carbocycles. The number of aromatic nitrogens is 4. The molecule has 226 valence electrons. The van der Waals surface area contributed by atoms with Crippen LogP contribution in [-0.2, 0) is 20.6 Å². The van der Waals surface area contributed by atoms with Gasteiger partial charge in [0.15, 0.2) is 22.7 Å². The van der Waals surface area contributed by atoms with Gasteiger partial charge in [0.2, 0.25) is 0 Å². The summed E-state index contributed by atoms with van der Waals surface area (Å²) >= 11 is 12.5. The summed E-state index contributed by atoms with van der Waals surface area (Å²) in [4.78, 5) is 42.8. The number of hydrogen-bond donors (Lipinski definition) is 1. The van der Waals surface area contributed by atoms with E-state index < -0.39 is 17.2 Å². The molecule has 2 heterocycles. The van der Waals surface area contributed by atoms with E-state index in [1.54, 1.807) is 67.8 Å². The van der Waals surface area contributed by atoms with Crippen LogP contribution in [0.3, 0.4) is 0 Å². The van der Waals surface area contributed by atoms with Crippen LogP contribution >= 0.6 is 23.2 Å². The predicted molar refractivity (Wildman–Crippen MR) is 167 cm³/mol. The molecule has 0 aliphatic heterocycles. The quantitative estimate of drug-likeness (QED) is 0.188. The number of methoxy groups -OCH3 is 2. The molecule has 3 aromatic carbocycles. The van der Waals surface area contributed by atoms with Gasteiger partial charge in [0, 0.05) is 29.7 Å². The van der Waals surface area contributed by atoms with Gasteiger partial charge in [0.25, 0.3) is 11.5 Å². The zero-order chi connectivity index (χ0) is 31.5. The first-order valence-electron chi connectivity index (χ1n) is 13.0. The average Bonchev–Trinajstić information content (AvgIpc) is 3.38. The topological polar surface area (TPSA) is 131 Å². The van der Waals surface area contributed by atoms with Crippen LogP contribution in [0.2, 0.25) is 10.0 Å². The zero-order valence-corrected chi connectivity index (χ0v) is 25.5. The normalized spacial score (nSPS) is 11.2. The second kappa shape index (κ2) is 12.7. The number of rotatable bonds is 9. The molecule has 1 amide bonds. The first kappa shape index (κ1) is 30.4. The van der Waals surface area contributed by atoms with Crippen LogP contribution in [0.15, 0.2) is 75.4 Å². The van der Waals surface area contributed by atoms with E-state index in [0.29, 0.717) is 38.2 Å². The molecule has 2 aromatic heterocycles. The highest BCUT2D eigenvalue weighted by molar-refractivity contribution is 6.35. The van der Waals surface area contributed by atoms with Crippen molar-refractivity contribution in [2.24, 2.45) is 19.2 Å². The number of benzene rings is 3. The molecule has 0 spiro atoms. The van der Waals surface area contributed by atoms with Crippen molar-refractivity contribution >= 4 is 46.5 Å². The molecule has 0 unspecified atom stereocenters. The number of hydrogen-bond acceptors (Lipinski definition) is 8. The number of carbonyl (C=O) groups is 1. The van der Waals surface area contributed by atoms with Crippen LogP contribution in [0.5, 0.6) is 23.3 Å². The number of amides is 1. The first-order valence-corrected chi connectivity index (χ1v) is 13.8. The lowest BCUT2D eigenvalue weighted by Gasteiger charge is -2.13. The predicted octanol–water partition coefficient (Wildman–Crippen LogP) is 4.36. The summed E-state index contributed by atoms with van der Waals surface area (Å²) in [6.45, 7) is 0.0935. The van der Waals surface area contributed by atoms with E-state index in [9.17, 15) is 14.4 Å². The molecule has 1 N–H and O–H groups in total. The van der Waals surface area contributed by atoms with Crippen LogP contribution in [0.1, 0.15) is 21.5 Å². The smallest absolute Gasteiger partial charge is 0.332 e. The van der Waals surface area contributed by atoms with Gasteiger partial charge >= 0.3 is 11.7 Å². The highest BCUT2D eigenvalue weighted by Gasteiger charge is 2.22. The number of carbonyl (C=O) groups excluding carboxylic acids is 1. The highest BCUT2D eigenvalue weighted by Crippen LogP contribution is 2.34. The molecular weight excluding hydrogens is 611 g/mol. The molecule has 0 atom stereocenters. The van der Waals surface area contributed by atoms with Crippen molar-refractivity contribution in [3.8, 4) is 23.3 Å². The molecule has 0 bridgehead atoms. The van der Waals surface area contributed by atoms with Crippen molar-refractivity contribution in [2.45, 2.75) is 6.54 Å². The molecule has 12 nitrogen and oxygen atoms in total. The van der Waals surface area contributed by atoms with Crippen molar-refractivity contribution in [1.82, 2.24) is 24.1 Å². The van der Waals surface area contributed by atoms with Gasteiger partial charge in [0.1, 0.15) is 5.75 Å². The Kier molecular flexibility index (Phi) is 8.74. The van der Waals surface area contributed by atoms with E-state index in [1.807, 2.05) is 0 Å². The Hall–Kier alpha value is -5.07. The fourth-order valence-corrected chi connectivity index (χ4v) is 4.86. The lowest BCUT2D eigenvalue weighted by Crippen LogP contribution is -2.37. The van der Waals surface area contributed by atoms with Gasteiger partial charge in [-0.15, -0.1) is 0 Å². The fraction of sp³-hybridized carbons (Fsp3) is 0.167. The third-order valence-electron chi connectivity index (χ3n) is 6.78. The average molecular weight is 637 g/mol. The maximum absolute atomic E-state index is 13.3. The van der Waals surface area contributed by atoms with Gasteiger partial charge in [0.05, 0.1) is 27.0 Å². The Labute approximate surface area is 260 Å². The van der Waals surface area contributed by atoms with Gasteiger partial charge in [-0.3, -0.25) is 23.3 Å². The van der Waals surface area contributed by atoms with Gasteiger partial charge in [-0.1, -0.05) is 29.3 Å². The van der Waals surface area contributed by atoms with Crippen molar-refractivity contribution in [3.05, 3.63) is 108 Å². The second-order valence-electron chi connectivity index (χ2n) is 9.53. The minimum Gasteiger partial charge on any atom is -0.497 e. The van der Waals surface area contributed by atoms with E-state index in [-0.39, 0.29) is 29.5 Å². The van der Waals surface area contributed by atoms with Gasteiger partial charge in [-0.25, -0.2) is 10.2 Å². The summed E-state index contributed by atoms with van der Waals surface area (Å²) in [5, 5.41) is 4.87. The van der Waals surface area contributed by atoms with Crippen LogP contribution in [0, 0.1) is 0 Å². The molecule has 44 heavy (non-hydrogen) atoms. The number of halogens is 2. The lowest BCUT2D eigenvalue weighted by atomic mass is 10.2. The summed E-state index contributed by atoms with van der Waals surface area (Å²) in [6, 6.07) is 16.6. The Bertz CT molecular complexity index is 2030. The standard InChI is InChI=1S/C30H26Cl2N6O6/c1-36-26-25(28(40)37(2)30(36)41)38(16-19-6-9-20(31)14-22(19)32)29(34-26)44-23-12-5-17(13-24(23)43-4)15-33-35-27(39)18-7-10-21(42-3)11-8-18/h5-15H,16H2,1-4H3,(H,35,39). The van der Waals surface area contributed by atoms with Gasteiger partial charge < -0.3 is 14.2 Å². The minimum absolute atomic E-state index is 0.0239. The largest absolute Gasteiger partial charge is 0.497 e. The number of nitrogens with one attached hydrogen (secondary N) is 1. The Morgan fingerprint density at radius 3 is 2.39 bits per heavy atom. The molecule has 0 saturated carbocycles. The molecule has 0 fully saturated rings. The number of imidazole rings is 1. The van der Waals surface area contributed by atoms with Crippen LogP contribution in [0.25, 0.3) is 11.2 Å². The molecule has 0 radical (unpaired) electrons. The maximum Gasteiger partial charge on any atom is 0.332 e. The minimum atomic E-state index is -0.550. The van der Waals surface area contributed by atoms with E-state index in [4.69, 9.17) is 37.4 Å². The summed E-state index contributed by atoms with van der Waals surface area (Å²) in [5.74, 6) is 0.833. The monoisotopic (exact) mass is 636 g/mol. The SMILES string of the molecule is COc1ccc(C(=O)NN=Cc2ccc(Oc3nc4c(c(=O)n(C)c(=O)n4C)n3Cc3ccc(Cl)cc3Cl)c(OC)c2)cc1. The number of hydrazone groups is 1. The first-order chi connectivity index (χ1) is 21.1. The van der Waals surface area contributed by atoms with E-state index in [0.717, 1.165) is 4.57 Å². The second-order valence-corrected chi connectivity index (χ2v) is 10.4. The Balaban J connectivity index is 1.47. The third kappa shape index (κ3) is 6.03. The number of ether oxygens (including phenoxy) is 3. The number of nitrogens with zero attached hydrogens (tertiary/aromatic N) is 5. The van der Waals surface area contributed by atoms with Gasteiger partial charge in [-0.05, 0) is 65.7 Å². The van der Waals surface area contributed by atoms with Crippen molar-refractivity contribution in [2.75, 3.05) is 14.2 Å². The maximum atomic E-state index is 13.3. The third-order valence-corrected chi connectivity index (χ3v) is 7.36. The molecule has 14 heteroatoms.